The summed E-state index contributed by atoms with van der Waals surface area (Å²) in [7, 11) is 0. The van der Waals surface area contributed by atoms with E-state index in [0.717, 1.165) is 5.56 Å². The largest absolute Gasteiger partial charge is 0.379 e. The van der Waals surface area contributed by atoms with E-state index < -0.39 is 5.54 Å². The van der Waals surface area contributed by atoms with Crippen LogP contribution in [0.15, 0.2) is 18.5 Å². The number of nitrogens with zero attached hydrogens (tertiary/aromatic N) is 1. The van der Waals surface area contributed by atoms with Crippen molar-refractivity contribution in [3.8, 4) is 0 Å². The minimum atomic E-state index is -0.852. The van der Waals surface area contributed by atoms with Gasteiger partial charge in [0.15, 0.2) is 5.78 Å². The topological polar surface area (TPSA) is 65.2 Å². The number of hydrogen-bond donors (Lipinski definition) is 1. The van der Waals surface area contributed by atoms with Crippen LogP contribution in [-0.4, -0.2) is 29.5 Å². The predicted octanol–water partition coefficient (Wildman–Crippen LogP) is 0.691. The number of carbonyl (C=O) groups is 1. The molecule has 4 heteroatoms. The van der Waals surface area contributed by atoms with Gasteiger partial charge in [-0.1, -0.05) is 0 Å². The number of aromatic nitrogens is 1. The molecule has 0 aliphatic carbocycles. The molecule has 1 fully saturated rings. The molecule has 15 heavy (non-hydrogen) atoms. The van der Waals surface area contributed by atoms with Crippen molar-refractivity contribution in [1.82, 2.24) is 4.98 Å². The van der Waals surface area contributed by atoms with E-state index in [1.807, 2.05) is 13.0 Å². The van der Waals surface area contributed by atoms with Gasteiger partial charge in [-0.2, -0.15) is 0 Å². The van der Waals surface area contributed by atoms with E-state index in [1.54, 1.807) is 12.4 Å². The monoisotopic (exact) mass is 206 g/mol. The van der Waals surface area contributed by atoms with E-state index in [4.69, 9.17) is 10.5 Å². The smallest absolute Gasteiger partial charge is 0.186 e. The molecule has 1 aliphatic rings. The first-order valence-corrected chi connectivity index (χ1v) is 4.95. The summed E-state index contributed by atoms with van der Waals surface area (Å²) in [6.07, 6.45) is 3.85. The fraction of sp³-hybridized carbons (Fsp3) is 0.455. The third-order valence-electron chi connectivity index (χ3n) is 2.64. The van der Waals surface area contributed by atoms with Crippen LogP contribution in [0.5, 0.6) is 0 Å². The van der Waals surface area contributed by atoms with Crippen LogP contribution in [0.2, 0.25) is 0 Å². The van der Waals surface area contributed by atoms with Crippen LogP contribution in [-0.2, 0) is 4.74 Å². The van der Waals surface area contributed by atoms with Crippen molar-refractivity contribution in [2.75, 3.05) is 13.2 Å². The molecule has 0 radical (unpaired) electrons. The molecule has 2 N–H and O–H groups in total. The van der Waals surface area contributed by atoms with Gasteiger partial charge in [-0.25, -0.2) is 0 Å². The fourth-order valence-corrected chi connectivity index (χ4v) is 1.73. The standard InChI is InChI=1S/C11H14N2O2/c1-8-4-9(6-13-5-8)10(14)11(12)2-3-15-7-11/h4-6H,2-3,7,12H2,1H3. The Kier molecular flexibility index (Phi) is 2.54. The van der Waals surface area contributed by atoms with Gasteiger partial charge in [-0.3, -0.25) is 9.78 Å². The SMILES string of the molecule is Cc1cncc(C(=O)C2(N)CCOC2)c1. The Bertz CT molecular complexity index is 384. The summed E-state index contributed by atoms with van der Waals surface area (Å²) < 4.78 is 5.17. The molecular formula is C11H14N2O2. The Morgan fingerprint density at radius 3 is 3.00 bits per heavy atom. The van der Waals surface area contributed by atoms with Gasteiger partial charge in [0.2, 0.25) is 0 Å². The molecule has 0 bridgehead atoms. The van der Waals surface area contributed by atoms with Crippen LogP contribution >= 0.6 is 0 Å². The predicted molar refractivity (Wildman–Crippen MR) is 55.7 cm³/mol. The molecule has 1 atom stereocenters. The highest BCUT2D eigenvalue weighted by atomic mass is 16.5. The lowest BCUT2D eigenvalue weighted by Gasteiger charge is -2.19. The number of rotatable bonds is 2. The van der Waals surface area contributed by atoms with Crippen molar-refractivity contribution in [3.05, 3.63) is 29.6 Å². The van der Waals surface area contributed by atoms with Crippen LogP contribution in [0.25, 0.3) is 0 Å². The summed E-state index contributed by atoms with van der Waals surface area (Å²) >= 11 is 0. The minimum absolute atomic E-state index is 0.0730. The van der Waals surface area contributed by atoms with Crippen LogP contribution in [0, 0.1) is 6.92 Å². The molecule has 0 amide bonds. The normalized spacial score (nSPS) is 25.5. The molecule has 0 saturated carbocycles. The van der Waals surface area contributed by atoms with Gasteiger partial charge in [-0.15, -0.1) is 0 Å². The first-order valence-electron chi connectivity index (χ1n) is 4.95. The maximum atomic E-state index is 12.1. The lowest BCUT2D eigenvalue weighted by Crippen LogP contribution is -2.48. The van der Waals surface area contributed by atoms with E-state index in [0.29, 0.717) is 25.2 Å². The highest BCUT2D eigenvalue weighted by Crippen LogP contribution is 2.20. The highest BCUT2D eigenvalue weighted by Gasteiger charge is 2.38. The van der Waals surface area contributed by atoms with Gasteiger partial charge in [-0.05, 0) is 25.0 Å². The van der Waals surface area contributed by atoms with Crippen molar-refractivity contribution in [2.24, 2.45) is 5.73 Å². The Morgan fingerprint density at radius 1 is 1.60 bits per heavy atom. The van der Waals surface area contributed by atoms with Crippen LogP contribution in [0.4, 0.5) is 0 Å². The van der Waals surface area contributed by atoms with E-state index in [1.165, 1.54) is 0 Å². The zero-order valence-electron chi connectivity index (χ0n) is 8.69. The van der Waals surface area contributed by atoms with E-state index >= 15 is 0 Å². The van der Waals surface area contributed by atoms with E-state index in [2.05, 4.69) is 4.98 Å². The van der Waals surface area contributed by atoms with Crippen molar-refractivity contribution in [3.63, 3.8) is 0 Å². The quantitative estimate of drug-likeness (QED) is 0.723. The number of pyridine rings is 1. The zero-order chi connectivity index (χ0) is 10.9. The van der Waals surface area contributed by atoms with Gasteiger partial charge in [0.1, 0.15) is 5.54 Å². The van der Waals surface area contributed by atoms with E-state index in [9.17, 15) is 4.79 Å². The van der Waals surface area contributed by atoms with Crippen LogP contribution < -0.4 is 5.73 Å². The van der Waals surface area contributed by atoms with E-state index in [-0.39, 0.29) is 5.78 Å². The Morgan fingerprint density at radius 2 is 2.40 bits per heavy atom. The molecule has 4 nitrogen and oxygen atoms in total. The number of aryl methyl sites for hydroxylation is 1. The molecule has 1 unspecified atom stereocenters. The second kappa shape index (κ2) is 3.72. The van der Waals surface area contributed by atoms with Gasteiger partial charge in [0, 0.05) is 24.6 Å². The first-order chi connectivity index (χ1) is 7.12. The Balaban J connectivity index is 2.27. The third kappa shape index (κ3) is 1.91. The molecule has 0 aromatic carbocycles. The molecule has 1 aromatic rings. The third-order valence-corrected chi connectivity index (χ3v) is 2.64. The molecular weight excluding hydrogens is 192 g/mol. The second-order valence-electron chi connectivity index (χ2n) is 4.04. The minimum Gasteiger partial charge on any atom is -0.379 e. The summed E-state index contributed by atoms with van der Waals surface area (Å²) in [5.74, 6) is -0.0730. The Hall–Kier alpha value is -1.26. The number of hydrogen-bond acceptors (Lipinski definition) is 4. The van der Waals surface area contributed by atoms with Gasteiger partial charge < -0.3 is 10.5 Å². The summed E-state index contributed by atoms with van der Waals surface area (Å²) in [4.78, 5) is 16.1. The van der Waals surface area contributed by atoms with Crippen molar-refractivity contribution >= 4 is 5.78 Å². The molecule has 80 valence electrons. The number of ether oxygens (including phenoxy) is 1. The zero-order valence-corrected chi connectivity index (χ0v) is 8.69. The first kappa shape index (κ1) is 10.3. The van der Waals surface area contributed by atoms with Gasteiger partial charge >= 0.3 is 0 Å². The maximum Gasteiger partial charge on any atom is 0.186 e. The molecule has 1 aliphatic heterocycles. The number of ketones is 1. The average Bonchev–Trinajstić information content (AvgIpc) is 2.65. The number of nitrogens with two attached hydrogens (primary N) is 1. The van der Waals surface area contributed by atoms with Crippen molar-refractivity contribution in [2.45, 2.75) is 18.9 Å². The molecule has 2 rings (SSSR count). The van der Waals surface area contributed by atoms with Gasteiger partial charge in [0.05, 0.1) is 6.61 Å². The summed E-state index contributed by atoms with van der Waals surface area (Å²) in [6.45, 7) is 2.76. The summed E-state index contributed by atoms with van der Waals surface area (Å²) in [6, 6.07) is 1.81. The van der Waals surface area contributed by atoms with Crippen molar-refractivity contribution in [1.29, 1.82) is 0 Å². The van der Waals surface area contributed by atoms with Gasteiger partial charge in [0.25, 0.3) is 0 Å². The molecule has 1 saturated heterocycles. The summed E-state index contributed by atoms with van der Waals surface area (Å²) in [5, 5.41) is 0. The van der Waals surface area contributed by atoms with Crippen molar-refractivity contribution < 1.29 is 9.53 Å². The number of Topliss-reactive ketones (excluding diaryl/α,β-unsaturated/α-hetero) is 1. The Labute approximate surface area is 88.4 Å². The lowest BCUT2D eigenvalue weighted by atomic mass is 9.90. The molecule has 0 spiro atoms. The second-order valence-corrected chi connectivity index (χ2v) is 4.04. The van der Waals surface area contributed by atoms with Crippen LogP contribution in [0.3, 0.4) is 0 Å². The number of carbonyl (C=O) groups excluding carboxylic acids is 1. The molecule has 2 heterocycles. The fourth-order valence-electron chi connectivity index (χ4n) is 1.73. The average molecular weight is 206 g/mol. The highest BCUT2D eigenvalue weighted by molar-refractivity contribution is 6.03. The lowest BCUT2D eigenvalue weighted by molar-refractivity contribution is 0.0862. The maximum absolute atomic E-state index is 12.1. The summed E-state index contributed by atoms with van der Waals surface area (Å²) in [5.41, 5.74) is 6.66. The van der Waals surface area contributed by atoms with Crippen LogP contribution in [0.1, 0.15) is 22.3 Å². The molecule has 1 aromatic heterocycles.